The van der Waals surface area contributed by atoms with E-state index in [1.807, 2.05) is 33.8 Å². The SMILES string of the molecule is Cc1cc(C)c2ncc(C#N)c(NCCC(=O)NC(C)C)c2c1. The van der Waals surface area contributed by atoms with Crippen LogP contribution in [0.15, 0.2) is 18.3 Å². The van der Waals surface area contributed by atoms with Gasteiger partial charge >= 0.3 is 0 Å². The molecule has 0 fully saturated rings. The predicted octanol–water partition coefficient (Wildman–Crippen LogP) is 3.05. The van der Waals surface area contributed by atoms with E-state index in [1.54, 1.807) is 6.20 Å². The summed E-state index contributed by atoms with van der Waals surface area (Å²) in [5.74, 6) is -0.00303. The van der Waals surface area contributed by atoms with Crippen molar-refractivity contribution in [1.29, 1.82) is 5.26 Å². The van der Waals surface area contributed by atoms with Gasteiger partial charge in [-0.1, -0.05) is 11.6 Å². The normalized spacial score (nSPS) is 10.6. The van der Waals surface area contributed by atoms with Crippen LogP contribution in [0.2, 0.25) is 0 Å². The van der Waals surface area contributed by atoms with E-state index < -0.39 is 0 Å². The minimum absolute atomic E-state index is 0.00303. The molecule has 0 aliphatic carbocycles. The first-order valence-electron chi connectivity index (χ1n) is 7.75. The van der Waals surface area contributed by atoms with Crippen LogP contribution in [0.5, 0.6) is 0 Å². The smallest absolute Gasteiger partial charge is 0.221 e. The van der Waals surface area contributed by atoms with Gasteiger partial charge in [0.1, 0.15) is 6.07 Å². The zero-order valence-electron chi connectivity index (χ0n) is 14.0. The molecule has 120 valence electrons. The van der Waals surface area contributed by atoms with Crippen molar-refractivity contribution >= 4 is 22.5 Å². The van der Waals surface area contributed by atoms with Gasteiger partial charge in [0, 0.05) is 30.6 Å². The first-order chi connectivity index (χ1) is 10.9. The molecule has 2 N–H and O–H groups in total. The number of pyridine rings is 1. The molecule has 0 aliphatic rings. The fraction of sp³-hybridized carbons (Fsp3) is 0.389. The zero-order valence-corrected chi connectivity index (χ0v) is 14.0. The lowest BCUT2D eigenvalue weighted by molar-refractivity contribution is -0.121. The number of fused-ring (bicyclic) bond motifs is 1. The lowest BCUT2D eigenvalue weighted by Gasteiger charge is -2.14. The summed E-state index contributed by atoms with van der Waals surface area (Å²) in [6.45, 7) is 8.36. The van der Waals surface area contributed by atoms with Crippen LogP contribution in [0.4, 0.5) is 5.69 Å². The number of aryl methyl sites for hydroxylation is 2. The lowest BCUT2D eigenvalue weighted by Crippen LogP contribution is -2.31. The standard InChI is InChI=1S/C18H22N4O/c1-11(2)22-16(23)5-6-20-18-14(9-19)10-21-17-13(4)7-12(3)8-15(17)18/h7-8,10-11H,5-6H2,1-4H3,(H,20,21)(H,22,23). The molecule has 2 rings (SSSR count). The first kappa shape index (κ1) is 16.8. The highest BCUT2D eigenvalue weighted by Crippen LogP contribution is 2.28. The minimum atomic E-state index is -0.00303. The van der Waals surface area contributed by atoms with Gasteiger partial charge in [-0.15, -0.1) is 0 Å². The van der Waals surface area contributed by atoms with Gasteiger partial charge in [-0.3, -0.25) is 9.78 Å². The van der Waals surface area contributed by atoms with Crippen molar-refractivity contribution in [3.05, 3.63) is 35.0 Å². The third kappa shape index (κ3) is 3.98. The monoisotopic (exact) mass is 310 g/mol. The number of carbonyl (C=O) groups is 1. The molecule has 0 atom stereocenters. The number of amides is 1. The van der Waals surface area contributed by atoms with Crippen molar-refractivity contribution < 1.29 is 4.79 Å². The van der Waals surface area contributed by atoms with Crippen LogP contribution in [-0.4, -0.2) is 23.5 Å². The molecule has 1 heterocycles. The molecule has 5 nitrogen and oxygen atoms in total. The Hall–Kier alpha value is -2.61. The molecule has 0 bridgehead atoms. The summed E-state index contributed by atoms with van der Waals surface area (Å²) in [5, 5.41) is 16.4. The van der Waals surface area contributed by atoms with Gasteiger partial charge in [0.05, 0.1) is 16.8 Å². The second-order valence-electron chi connectivity index (χ2n) is 6.04. The molecule has 1 amide bonds. The van der Waals surface area contributed by atoms with Crippen LogP contribution < -0.4 is 10.6 Å². The van der Waals surface area contributed by atoms with E-state index in [0.29, 0.717) is 18.5 Å². The molecular formula is C18H22N4O. The van der Waals surface area contributed by atoms with Gasteiger partial charge in [0.15, 0.2) is 0 Å². The Labute approximate surface area is 136 Å². The zero-order chi connectivity index (χ0) is 17.0. The molecule has 0 aliphatic heterocycles. The number of hydrogen-bond acceptors (Lipinski definition) is 4. The quantitative estimate of drug-likeness (QED) is 0.889. The van der Waals surface area contributed by atoms with Crippen molar-refractivity contribution in [3.63, 3.8) is 0 Å². The number of carbonyl (C=O) groups excluding carboxylic acids is 1. The number of rotatable bonds is 5. The highest BCUT2D eigenvalue weighted by Gasteiger charge is 2.11. The van der Waals surface area contributed by atoms with Crippen molar-refractivity contribution in [1.82, 2.24) is 10.3 Å². The Morgan fingerprint density at radius 1 is 1.35 bits per heavy atom. The number of nitrogens with zero attached hydrogens (tertiary/aromatic N) is 2. The van der Waals surface area contributed by atoms with E-state index in [-0.39, 0.29) is 11.9 Å². The largest absolute Gasteiger partial charge is 0.383 e. The van der Waals surface area contributed by atoms with Crippen LogP contribution >= 0.6 is 0 Å². The van der Waals surface area contributed by atoms with Crippen molar-refractivity contribution in [2.45, 2.75) is 40.2 Å². The van der Waals surface area contributed by atoms with Crippen LogP contribution in [0.25, 0.3) is 10.9 Å². The second kappa shape index (κ2) is 7.10. The van der Waals surface area contributed by atoms with Gasteiger partial charge in [-0.25, -0.2) is 0 Å². The number of nitrogens with one attached hydrogen (secondary N) is 2. The highest BCUT2D eigenvalue weighted by atomic mass is 16.1. The van der Waals surface area contributed by atoms with Crippen LogP contribution in [0.1, 0.15) is 37.0 Å². The van der Waals surface area contributed by atoms with Crippen LogP contribution in [-0.2, 0) is 4.79 Å². The Morgan fingerprint density at radius 3 is 2.74 bits per heavy atom. The summed E-state index contributed by atoms with van der Waals surface area (Å²) in [6.07, 6.45) is 1.94. The Balaban J connectivity index is 2.28. The molecule has 2 aromatic rings. The molecule has 0 unspecified atom stereocenters. The number of hydrogen-bond donors (Lipinski definition) is 2. The second-order valence-corrected chi connectivity index (χ2v) is 6.04. The summed E-state index contributed by atoms with van der Waals surface area (Å²) in [6, 6.07) is 6.39. The summed E-state index contributed by atoms with van der Waals surface area (Å²) in [7, 11) is 0. The predicted molar refractivity (Wildman–Crippen MR) is 92.3 cm³/mol. The summed E-state index contributed by atoms with van der Waals surface area (Å²) >= 11 is 0. The number of aromatic nitrogens is 1. The molecule has 0 saturated carbocycles. The van der Waals surface area contributed by atoms with Crippen molar-refractivity contribution in [2.24, 2.45) is 0 Å². The Bertz CT molecular complexity index is 775. The summed E-state index contributed by atoms with van der Waals surface area (Å²) in [5.41, 5.74) is 4.31. The molecule has 0 spiro atoms. The average molecular weight is 310 g/mol. The third-order valence-corrected chi connectivity index (χ3v) is 3.53. The molecular weight excluding hydrogens is 288 g/mol. The number of nitriles is 1. The van der Waals surface area contributed by atoms with Crippen molar-refractivity contribution in [3.8, 4) is 6.07 Å². The van der Waals surface area contributed by atoms with Crippen LogP contribution in [0.3, 0.4) is 0 Å². The van der Waals surface area contributed by atoms with E-state index in [4.69, 9.17) is 0 Å². The van der Waals surface area contributed by atoms with Gasteiger partial charge in [0.2, 0.25) is 5.91 Å². The van der Waals surface area contributed by atoms with Crippen LogP contribution in [0, 0.1) is 25.2 Å². The number of benzene rings is 1. The lowest BCUT2D eigenvalue weighted by atomic mass is 10.0. The summed E-state index contributed by atoms with van der Waals surface area (Å²) in [4.78, 5) is 16.1. The minimum Gasteiger partial charge on any atom is -0.383 e. The average Bonchev–Trinajstić information content (AvgIpc) is 2.46. The van der Waals surface area contributed by atoms with E-state index in [9.17, 15) is 10.1 Å². The van der Waals surface area contributed by atoms with Gasteiger partial charge < -0.3 is 10.6 Å². The van der Waals surface area contributed by atoms with Crippen molar-refractivity contribution in [2.75, 3.05) is 11.9 Å². The Morgan fingerprint density at radius 2 is 2.09 bits per heavy atom. The van der Waals surface area contributed by atoms with Gasteiger partial charge in [-0.2, -0.15) is 5.26 Å². The molecule has 23 heavy (non-hydrogen) atoms. The molecule has 0 saturated heterocycles. The molecule has 0 radical (unpaired) electrons. The molecule has 1 aromatic heterocycles. The fourth-order valence-electron chi connectivity index (χ4n) is 2.63. The number of anilines is 1. The van der Waals surface area contributed by atoms with E-state index >= 15 is 0 Å². The molecule has 5 heteroatoms. The maximum Gasteiger partial charge on any atom is 0.221 e. The maximum absolute atomic E-state index is 11.7. The van der Waals surface area contributed by atoms with E-state index in [1.165, 1.54) is 0 Å². The Kier molecular flexibility index (Phi) is 5.17. The topological polar surface area (TPSA) is 77.8 Å². The summed E-state index contributed by atoms with van der Waals surface area (Å²) < 4.78 is 0. The van der Waals surface area contributed by atoms with Gasteiger partial charge in [-0.05, 0) is 39.3 Å². The fourth-order valence-corrected chi connectivity index (χ4v) is 2.63. The maximum atomic E-state index is 11.7. The third-order valence-electron chi connectivity index (χ3n) is 3.53. The van der Waals surface area contributed by atoms with E-state index in [2.05, 4.69) is 27.8 Å². The first-order valence-corrected chi connectivity index (χ1v) is 7.75. The molecule has 1 aromatic carbocycles. The van der Waals surface area contributed by atoms with E-state index in [0.717, 1.165) is 27.7 Å². The highest BCUT2D eigenvalue weighted by molar-refractivity contribution is 5.96. The van der Waals surface area contributed by atoms with Gasteiger partial charge in [0.25, 0.3) is 0 Å².